The van der Waals surface area contributed by atoms with Gasteiger partial charge in [-0.25, -0.2) is 9.98 Å². The van der Waals surface area contributed by atoms with Crippen LogP contribution in [-0.2, 0) is 15.6 Å². The van der Waals surface area contributed by atoms with E-state index in [9.17, 15) is 0 Å². The maximum atomic E-state index is 7.14. The first kappa shape index (κ1) is 36.7. The average Bonchev–Trinajstić information content (AvgIpc) is 3.69. The summed E-state index contributed by atoms with van der Waals surface area (Å²) in [5.74, 6) is 3.07. The Morgan fingerprint density at radius 1 is 0.821 bits per heavy atom. The van der Waals surface area contributed by atoms with Gasteiger partial charge in [-0.05, 0) is 137 Å². The first-order valence-electron chi connectivity index (χ1n) is 20.9. The third-order valence-corrected chi connectivity index (χ3v) is 13.1. The second-order valence-electron chi connectivity index (χ2n) is 19.2. The zero-order valence-corrected chi connectivity index (χ0v) is 35.2. The SMILES string of the molecule is Cc1cc2c(cc1Oc1cc(C3=N[C@@H]4CCCC[C@]4(C)O3)cc(-c3c(C(C)C)cccc3C(C)C)c1)-n1c3ncccc3c3cc(C(C)(C)C)cc(c31)C2(C)C. The van der Waals surface area contributed by atoms with Crippen LogP contribution >= 0.6 is 0 Å². The Bertz CT molecular complexity index is 2570. The molecule has 2 aromatic heterocycles. The van der Waals surface area contributed by atoms with Gasteiger partial charge in [0.25, 0.3) is 0 Å². The van der Waals surface area contributed by atoms with Crippen molar-refractivity contribution in [1.29, 1.82) is 0 Å². The summed E-state index contributed by atoms with van der Waals surface area (Å²) in [7, 11) is 0. The number of hydrogen-bond donors (Lipinski definition) is 0. The number of fused-ring (bicyclic) bond motifs is 6. The number of hydrogen-bond acceptors (Lipinski definition) is 4. The van der Waals surface area contributed by atoms with E-state index in [0.29, 0.717) is 11.8 Å². The number of rotatable bonds is 6. The van der Waals surface area contributed by atoms with Crippen molar-refractivity contribution in [3.8, 4) is 28.3 Å². The van der Waals surface area contributed by atoms with Gasteiger partial charge in [-0.2, -0.15) is 0 Å². The molecule has 1 saturated carbocycles. The van der Waals surface area contributed by atoms with Crippen LogP contribution in [0, 0.1) is 6.92 Å². The molecule has 1 fully saturated rings. The van der Waals surface area contributed by atoms with Crippen LogP contribution < -0.4 is 4.74 Å². The van der Waals surface area contributed by atoms with Gasteiger partial charge in [-0.1, -0.05) is 93.0 Å². The van der Waals surface area contributed by atoms with Crippen molar-refractivity contribution < 1.29 is 9.47 Å². The van der Waals surface area contributed by atoms with Crippen molar-refractivity contribution in [2.45, 2.75) is 136 Å². The maximum absolute atomic E-state index is 7.14. The molecular formula is C51H57N3O2. The van der Waals surface area contributed by atoms with Crippen LogP contribution in [0.4, 0.5) is 0 Å². The molecule has 0 saturated heterocycles. The molecule has 0 spiro atoms. The molecule has 0 amide bonds. The quantitative estimate of drug-likeness (QED) is 0.171. The van der Waals surface area contributed by atoms with Gasteiger partial charge >= 0.3 is 0 Å². The lowest BCUT2D eigenvalue weighted by molar-refractivity contribution is 0.0446. The highest BCUT2D eigenvalue weighted by Gasteiger charge is 2.44. The van der Waals surface area contributed by atoms with Gasteiger partial charge in [0.05, 0.1) is 17.2 Å². The summed E-state index contributed by atoms with van der Waals surface area (Å²) >= 11 is 0. The van der Waals surface area contributed by atoms with Crippen LogP contribution in [0.5, 0.6) is 11.5 Å². The summed E-state index contributed by atoms with van der Waals surface area (Å²) in [6.07, 6.45) is 6.39. The van der Waals surface area contributed by atoms with E-state index in [1.54, 1.807) is 0 Å². The molecule has 1 aliphatic carbocycles. The zero-order valence-electron chi connectivity index (χ0n) is 35.2. The van der Waals surface area contributed by atoms with Crippen molar-refractivity contribution in [1.82, 2.24) is 9.55 Å². The molecule has 6 aromatic rings. The zero-order chi connectivity index (χ0) is 39.5. The molecule has 2 aliphatic heterocycles. The standard InChI is InChI=1S/C51H57N3O2/c1-29(2)36-16-14-17-37(30(3)4)45(36)32-23-33(48-53-44-19-12-13-20-51(44,11)56-48)25-35(24-32)55-43-28-42-40(22-31(43)5)50(9,10)41-27-34(49(6,7)8)26-39-38-18-15-21-52-47(38)54(42)46(39)41/h14-18,21-30,44H,12-13,19-20H2,1-11H3/t44-,51+/m1/s1. The summed E-state index contributed by atoms with van der Waals surface area (Å²) in [5, 5.41) is 2.43. The number of nitrogens with zero attached hydrogens (tertiary/aromatic N) is 3. The van der Waals surface area contributed by atoms with Gasteiger partial charge in [0.1, 0.15) is 22.7 Å². The van der Waals surface area contributed by atoms with Crippen molar-refractivity contribution in [2.24, 2.45) is 4.99 Å². The number of benzene rings is 4. The number of ether oxygens (including phenoxy) is 2. The third kappa shape index (κ3) is 5.71. The molecule has 5 heteroatoms. The van der Waals surface area contributed by atoms with E-state index >= 15 is 0 Å². The van der Waals surface area contributed by atoms with E-state index in [1.165, 1.54) is 62.5 Å². The molecule has 0 radical (unpaired) electrons. The van der Waals surface area contributed by atoms with Crippen LogP contribution in [-0.4, -0.2) is 27.1 Å². The molecule has 5 nitrogen and oxygen atoms in total. The van der Waals surface area contributed by atoms with Gasteiger partial charge in [-0.3, -0.25) is 4.57 Å². The lowest BCUT2D eigenvalue weighted by atomic mass is 9.72. The smallest absolute Gasteiger partial charge is 0.217 e. The van der Waals surface area contributed by atoms with Gasteiger partial charge in [0.15, 0.2) is 0 Å². The van der Waals surface area contributed by atoms with Gasteiger partial charge < -0.3 is 9.47 Å². The van der Waals surface area contributed by atoms with Crippen molar-refractivity contribution in [3.63, 3.8) is 0 Å². The molecule has 2 atom stereocenters. The number of pyridine rings is 1. The monoisotopic (exact) mass is 743 g/mol. The Morgan fingerprint density at radius 3 is 2.25 bits per heavy atom. The lowest BCUT2D eigenvalue weighted by Crippen LogP contribution is -2.39. The number of aryl methyl sites for hydroxylation is 1. The summed E-state index contributed by atoms with van der Waals surface area (Å²) in [4.78, 5) is 10.3. The molecular weight excluding hydrogens is 687 g/mol. The van der Waals surface area contributed by atoms with E-state index in [-0.39, 0.29) is 22.5 Å². The van der Waals surface area contributed by atoms with Crippen molar-refractivity contribution >= 4 is 27.8 Å². The first-order valence-corrected chi connectivity index (χ1v) is 20.9. The predicted octanol–water partition coefficient (Wildman–Crippen LogP) is 13.6. The van der Waals surface area contributed by atoms with Gasteiger partial charge in [0, 0.05) is 34.0 Å². The highest BCUT2D eigenvalue weighted by atomic mass is 16.5. The lowest BCUT2D eigenvalue weighted by Gasteiger charge is -2.36. The van der Waals surface area contributed by atoms with Crippen LogP contribution in [0.1, 0.15) is 146 Å². The fraction of sp³-hybridized carbons (Fsp3) is 0.412. The molecule has 4 aromatic carbocycles. The van der Waals surface area contributed by atoms with Gasteiger partial charge in [-0.15, -0.1) is 0 Å². The molecule has 0 N–H and O–H groups in total. The second kappa shape index (κ2) is 12.8. The fourth-order valence-corrected chi connectivity index (χ4v) is 9.80. The van der Waals surface area contributed by atoms with E-state index in [4.69, 9.17) is 19.5 Å². The fourth-order valence-electron chi connectivity index (χ4n) is 9.80. The van der Waals surface area contributed by atoms with Crippen LogP contribution in [0.2, 0.25) is 0 Å². The average molecular weight is 744 g/mol. The minimum absolute atomic E-state index is 0.00906. The van der Waals surface area contributed by atoms with E-state index < -0.39 is 0 Å². The number of aromatic nitrogens is 2. The summed E-state index contributed by atoms with van der Waals surface area (Å²) in [6, 6.07) is 27.4. The van der Waals surface area contributed by atoms with E-state index in [1.807, 2.05) is 6.20 Å². The second-order valence-corrected chi connectivity index (χ2v) is 19.2. The van der Waals surface area contributed by atoms with Crippen molar-refractivity contribution in [3.05, 3.63) is 118 Å². The van der Waals surface area contributed by atoms with Crippen LogP contribution in [0.15, 0.2) is 84.0 Å². The minimum atomic E-state index is -0.256. The predicted molar refractivity (Wildman–Crippen MR) is 233 cm³/mol. The Balaban J connectivity index is 1.24. The van der Waals surface area contributed by atoms with E-state index in [0.717, 1.165) is 58.3 Å². The minimum Gasteiger partial charge on any atom is -0.469 e. The summed E-state index contributed by atoms with van der Waals surface area (Å²) in [6.45, 7) is 25.2. The Labute approximate surface area is 333 Å². The van der Waals surface area contributed by atoms with E-state index in [2.05, 4.69) is 154 Å². The molecule has 3 aliphatic rings. The first-order chi connectivity index (χ1) is 26.5. The molecule has 0 unspecified atom stereocenters. The normalized spacial score (nSPS) is 20.0. The molecule has 9 rings (SSSR count). The molecule has 56 heavy (non-hydrogen) atoms. The topological polar surface area (TPSA) is 48.6 Å². The molecule has 4 heterocycles. The Kier molecular flexibility index (Phi) is 8.40. The Morgan fingerprint density at radius 2 is 1.55 bits per heavy atom. The van der Waals surface area contributed by atoms with Crippen molar-refractivity contribution in [2.75, 3.05) is 0 Å². The summed E-state index contributed by atoms with van der Waals surface area (Å²) < 4.78 is 16.4. The molecule has 0 bridgehead atoms. The Hall–Kier alpha value is -4.90. The van der Waals surface area contributed by atoms with Crippen LogP contribution in [0.3, 0.4) is 0 Å². The number of aliphatic imine (C=N–C) groups is 1. The largest absolute Gasteiger partial charge is 0.469 e. The highest BCUT2D eigenvalue weighted by molar-refractivity contribution is 6.10. The highest BCUT2D eigenvalue weighted by Crippen LogP contribution is 2.51. The maximum Gasteiger partial charge on any atom is 0.217 e. The third-order valence-electron chi connectivity index (χ3n) is 13.1. The van der Waals surface area contributed by atoms with Crippen LogP contribution in [0.25, 0.3) is 38.8 Å². The van der Waals surface area contributed by atoms with Gasteiger partial charge in [0.2, 0.25) is 5.90 Å². The molecule has 288 valence electrons. The summed E-state index contributed by atoms with van der Waals surface area (Å²) in [5.41, 5.74) is 14.0.